The van der Waals surface area contributed by atoms with Gasteiger partial charge in [0.2, 0.25) is 0 Å². The molecule has 0 spiro atoms. The first-order valence-corrected chi connectivity index (χ1v) is 7.67. The largest absolute Gasteiger partial charge is 0.441 e. The number of para-hydroxylation sites is 2. The highest BCUT2D eigenvalue weighted by molar-refractivity contribution is 9.09. The highest BCUT2D eigenvalue weighted by Crippen LogP contribution is 2.33. The Balaban J connectivity index is 1.86. The second kappa shape index (κ2) is 5.58. The van der Waals surface area contributed by atoms with Crippen LogP contribution in [0.5, 0.6) is 0 Å². The van der Waals surface area contributed by atoms with Gasteiger partial charge in [-0.25, -0.2) is 4.98 Å². The summed E-state index contributed by atoms with van der Waals surface area (Å²) in [7, 11) is 0. The molecule has 0 fully saturated rings. The third kappa shape index (κ3) is 2.74. The number of hydrogen-bond acceptors (Lipinski definition) is 2. The minimum absolute atomic E-state index is 0.0867. The fourth-order valence-corrected chi connectivity index (χ4v) is 3.33. The van der Waals surface area contributed by atoms with E-state index in [4.69, 9.17) is 16.0 Å². The van der Waals surface area contributed by atoms with E-state index in [1.807, 2.05) is 43.3 Å². The summed E-state index contributed by atoms with van der Waals surface area (Å²) in [5.74, 6) is 0.713. The SMILES string of the molecule is Cc1ccc(C(Br)Cc2nc3ccccc3o2)c(Cl)c1. The minimum Gasteiger partial charge on any atom is -0.441 e. The summed E-state index contributed by atoms with van der Waals surface area (Å²) in [6.07, 6.45) is 0.664. The van der Waals surface area contributed by atoms with Gasteiger partial charge in [-0.05, 0) is 36.2 Å². The molecule has 0 aliphatic rings. The smallest absolute Gasteiger partial charge is 0.196 e. The number of hydrogen-bond donors (Lipinski definition) is 0. The molecule has 1 atom stereocenters. The number of nitrogens with zero attached hydrogens (tertiary/aromatic N) is 1. The number of halogens is 2. The van der Waals surface area contributed by atoms with E-state index in [0.717, 1.165) is 27.2 Å². The van der Waals surface area contributed by atoms with Crippen molar-refractivity contribution in [3.8, 4) is 0 Å². The molecule has 0 bridgehead atoms. The van der Waals surface area contributed by atoms with Gasteiger partial charge in [-0.1, -0.05) is 51.8 Å². The van der Waals surface area contributed by atoms with Gasteiger partial charge in [-0.15, -0.1) is 0 Å². The standard InChI is InChI=1S/C16H13BrClNO/c1-10-6-7-11(13(18)8-10)12(17)9-16-19-14-4-2-3-5-15(14)20-16/h2-8,12H,9H2,1H3. The van der Waals surface area contributed by atoms with Crippen molar-refractivity contribution >= 4 is 38.6 Å². The van der Waals surface area contributed by atoms with E-state index in [2.05, 4.69) is 27.0 Å². The van der Waals surface area contributed by atoms with Crippen molar-refractivity contribution in [1.82, 2.24) is 4.98 Å². The molecule has 1 heterocycles. The van der Waals surface area contributed by atoms with Gasteiger partial charge in [-0.3, -0.25) is 0 Å². The molecule has 1 unspecified atom stereocenters. The molecule has 2 aromatic carbocycles. The van der Waals surface area contributed by atoms with Crippen LogP contribution in [0.15, 0.2) is 46.9 Å². The molecule has 3 rings (SSSR count). The van der Waals surface area contributed by atoms with E-state index in [0.29, 0.717) is 12.3 Å². The molecule has 3 aromatic rings. The molecule has 1 aromatic heterocycles. The van der Waals surface area contributed by atoms with Gasteiger partial charge < -0.3 is 4.42 Å². The number of alkyl halides is 1. The number of benzene rings is 2. The number of rotatable bonds is 3. The van der Waals surface area contributed by atoms with E-state index in [-0.39, 0.29) is 4.83 Å². The Morgan fingerprint density at radius 2 is 2.05 bits per heavy atom. The van der Waals surface area contributed by atoms with Gasteiger partial charge in [0.1, 0.15) is 5.52 Å². The third-order valence-corrected chi connectivity index (χ3v) is 4.33. The van der Waals surface area contributed by atoms with Crippen LogP contribution in [-0.4, -0.2) is 4.98 Å². The van der Waals surface area contributed by atoms with Gasteiger partial charge in [0.15, 0.2) is 11.5 Å². The van der Waals surface area contributed by atoms with Crippen LogP contribution in [0.25, 0.3) is 11.1 Å². The van der Waals surface area contributed by atoms with E-state index >= 15 is 0 Å². The Morgan fingerprint density at radius 3 is 2.80 bits per heavy atom. The van der Waals surface area contributed by atoms with Gasteiger partial charge in [0, 0.05) is 16.3 Å². The number of oxazole rings is 1. The first-order valence-electron chi connectivity index (χ1n) is 6.38. The van der Waals surface area contributed by atoms with Crippen molar-refractivity contribution < 1.29 is 4.42 Å². The van der Waals surface area contributed by atoms with Crippen molar-refractivity contribution in [3.63, 3.8) is 0 Å². The third-order valence-electron chi connectivity index (χ3n) is 3.19. The summed E-state index contributed by atoms with van der Waals surface area (Å²) in [4.78, 5) is 4.57. The average Bonchev–Trinajstić information content (AvgIpc) is 2.80. The zero-order chi connectivity index (χ0) is 14.1. The second-order valence-electron chi connectivity index (χ2n) is 4.77. The monoisotopic (exact) mass is 349 g/mol. The molecule has 102 valence electrons. The maximum Gasteiger partial charge on any atom is 0.196 e. The van der Waals surface area contributed by atoms with Crippen molar-refractivity contribution in [2.45, 2.75) is 18.2 Å². The molecular weight excluding hydrogens is 338 g/mol. The Hall–Kier alpha value is -1.32. The summed E-state index contributed by atoms with van der Waals surface area (Å²) in [6, 6.07) is 13.8. The summed E-state index contributed by atoms with van der Waals surface area (Å²) in [6.45, 7) is 2.03. The van der Waals surface area contributed by atoms with E-state index in [9.17, 15) is 0 Å². The molecular formula is C16H13BrClNO. The molecule has 0 saturated carbocycles. The number of fused-ring (bicyclic) bond motifs is 1. The van der Waals surface area contributed by atoms with Crippen LogP contribution in [0.1, 0.15) is 21.8 Å². The first kappa shape index (κ1) is 13.7. The molecule has 0 aliphatic heterocycles. The molecule has 0 aliphatic carbocycles. The Kier molecular flexibility index (Phi) is 3.81. The number of aryl methyl sites for hydroxylation is 1. The Morgan fingerprint density at radius 1 is 1.25 bits per heavy atom. The van der Waals surface area contributed by atoms with Crippen molar-refractivity contribution in [2.75, 3.05) is 0 Å². The maximum absolute atomic E-state index is 6.29. The zero-order valence-corrected chi connectivity index (χ0v) is 13.3. The molecule has 2 nitrogen and oxygen atoms in total. The summed E-state index contributed by atoms with van der Waals surface area (Å²) >= 11 is 9.96. The van der Waals surface area contributed by atoms with Crippen molar-refractivity contribution in [3.05, 3.63) is 64.5 Å². The van der Waals surface area contributed by atoms with Crippen molar-refractivity contribution in [2.24, 2.45) is 0 Å². The van der Waals surface area contributed by atoms with Crippen LogP contribution < -0.4 is 0 Å². The van der Waals surface area contributed by atoms with Crippen LogP contribution in [0.3, 0.4) is 0 Å². The van der Waals surface area contributed by atoms with Crippen molar-refractivity contribution in [1.29, 1.82) is 0 Å². The van der Waals surface area contributed by atoms with E-state index < -0.39 is 0 Å². The highest BCUT2D eigenvalue weighted by Gasteiger charge is 2.15. The quantitative estimate of drug-likeness (QED) is 0.586. The predicted molar refractivity (Wildman–Crippen MR) is 85.6 cm³/mol. The summed E-state index contributed by atoms with van der Waals surface area (Å²) < 4.78 is 5.74. The topological polar surface area (TPSA) is 26.0 Å². The molecule has 0 amide bonds. The Bertz CT molecular complexity index is 720. The maximum atomic E-state index is 6.29. The minimum atomic E-state index is 0.0867. The van der Waals surface area contributed by atoms with E-state index in [1.165, 1.54) is 0 Å². The number of aromatic nitrogens is 1. The second-order valence-corrected chi connectivity index (χ2v) is 6.28. The molecule has 4 heteroatoms. The lowest BCUT2D eigenvalue weighted by Gasteiger charge is -2.10. The lowest BCUT2D eigenvalue weighted by molar-refractivity contribution is 0.527. The molecule has 0 radical (unpaired) electrons. The normalized spacial score (nSPS) is 12.8. The lowest BCUT2D eigenvalue weighted by Crippen LogP contribution is -1.97. The average molecular weight is 351 g/mol. The molecule has 0 saturated heterocycles. The molecule has 0 N–H and O–H groups in total. The lowest BCUT2D eigenvalue weighted by atomic mass is 10.1. The zero-order valence-electron chi connectivity index (χ0n) is 10.9. The first-order chi connectivity index (χ1) is 9.63. The van der Waals surface area contributed by atoms with Crippen LogP contribution in [-0.2, 0) is 6.42 Å². The van der Waals surface area contributed by atoms with Gasteiger partial charge >= 0.3 is 0 Å². The van der Waals surface area contributed by atoms with Crippen LogP contribution in [0.2, 0.25) is 5.02 Å². The molecule has 20 heavy (non-hydrogen) atoms. The Labute approximate surface area is 130 Å². The van der Waals surface area contributed by atoms with Gasteiger partial charge in [0.25, 0.3) is 0 Å². The van der Waals surface area contributed by atoms with Crippen LogP contribution in [0, 0.1) is 6.92 Å². The summed E-state index contributed by atoms with van der Waals surface area (Å²) in [5, 5.41) is 0.767. The highest BCUT2D eigenvalue weighted by atomic mass is 79.9. The van der Waals surface area contributed by atoms with Gasteiger partial charge in [-0.2, -0.15) is 0 Å². The fraction of sp³-hybridized carbons (Fsp3) is 0.188. The van der Waals surface area contributed by atoms with E-state index in [1.54, 1.807) is 0 Å². The fourth-order valence-electron chi connectivity index (χ4n) is 2.16. The van der Waals surface area contributed by atoms with Gasteiger partial charge in [0.05, 0.1) is 0 Å². The summed E-state index contributed by atoms with van der Waals surface area (Å²) in [5.41, 5.74) is 3.91. The predicted octanol–water partition coefficient (Wildman–Crippen LogP) is 5.47. The van der Waals surface area contributed by atoms with Crippen LogP contribution >= 0.6 is 27.5 Å². The van der Waals surface area contributed by atoms with Crippen LogP contribution in [0.4, 0.5) is 0 Å².